The van der Waals surface area contributed by atoms with Gasteiger partial charge in [0.1, 0.15) is 6.54 Å². The summed E-state index contributed by atoms with van der Waals surface area (Å²) in [7, 11) is 0. The Morgan fingerprint density at radius 2 is 1.83 bits per heavy atom. The molecule has 1 fully saturated rings. The monoisotopic (exact) mass is 377 g/mol. The number of carbonyl (C=O) groups excluding carboxylic acids is 1. The van der Waals surface area contributed by atoms with Crippen molar-refractivity contribution >= 4 is 21.8 Å². The fourth-order valence-electron chi connectivity index (χ4n) is 2.38. The average molecular weight is 378 g/mol. The van der Waals surface area contributed by atoms with Gasteiger partial charge in [0.25, 0.3) is 5.56 Å². The van der Waals surface area contributed by atoms with Crippen LogP contribution in [0.15, 0.2) is 45.7 Å². The van der Waals surface area contributed by atoms with Crippen LogP contribution in [0.25, 0.3) is 11.3 Å². The summed E-state index contributed by atoms with van der Waals surface area (Å²) in [5, 5.41) is 4.32. The van der Waals surface area contributed by atoms with E-state index in [-0.39, 0.29) is 18.0 Å². The molecule has 0 bridgehead atoms. The molecule has 6 nitrogen and oxygen atoms in total. The van der Waals surface area contributed by atoms with Crippen LogP contribution in [0.3, 0.4) is 0 Å². The fraction of sp³-hybridized carbons (Fsp3) is 0.312. The van der Waals surface area contributed by atoms with Crippen molar-refractivity contribution in [2.75, 3.05) is 26.3 Å². The van der Waals surface area contributed by atoms with Gasteiger partial charge in [-0.05, 0) is 18.2 Å². The predicted molar refractivity (Wildman–Crippen MR) is 89.0 cm³/mol. The van der Waals surface area contributed by atoms with Crippen molar-refractivity contribution in [3.05, 3.63) is 51.2 Å². The second-order valence-electron chi connectivity index (χ2n) is 5.21. The second-order valence-corrected chi connectivity index (χ2v) is 6.13. The van der Waals surface area contributed by atoms with Crippen LogP contribution in [0.1, 0.15) is 0 Å². The van der Waals surface area contributed by atoms with Crippen molar-refractivity contribution in [1.82, 2.24) is 14.7 Å². The van der Waals surface area contributed by atoms with Crippen molar-refractivity contribution in [3.63, 3.8) is 0 Å². The largest absolute Gasteiger partial charge is 0.378 e. The van der Waals surface area contributed by atoms with Crippen LogP contribution in [-0.4, -0.2) is 46.9 Å². The molecule has 1 aliphatic heterocycles. The number of ether oxygens (including phenoxy) is 1. The first-order valence-corrected chi connectivity index (χ1v) is 8.12. The maximum Gasteiger partial charge on any atom is 0.267 e. The molecule has 0 radical (unpaired) electrons. The van der Waals surface area contributed by atoms with Crippen LogP contribution in [-0.2, 0) is 16.1 Å². The van der Waals surface area contributed by atoms with Crippen molar-refractivity contribution in [2.45, 2.75) is 6.54 Å². The molecular weight excluding hydrogens is 362 g/mol. The highest BCUT2D eigenvalue weighted by atomic mass is 79.9. The molecule has 1 saturated heterocycles. The summed E-state index contributed by atoms with van der Waals surface area (Å²) in [4.78, 5) is 25.9. The van der Waals surface area contributed by atoms with Crippen molar-refractivity contribution in [3.8, 4) is 11.3 Å². The average Bonchev–Trinajstić information content (AvgIpc) is 2.58. The fourth-order valence-corrected chi connectivity index (χ4v) is 2.64. The zero-order valence-electron chi connectivity index (χ0n) is 12.4. The maximum atomic E-state index is 12.3. The van der Waals surface area contributed by atoms with Crippen LogP contribution in [0, 0.1) is 0 Å². The van der Waals surface area contributed by atoms with Gasteiger partial charge in [-0.2, -0.15) is 5.10 Å². The van der Waals surface area contributed by atoms with Gasteiger partial charge in [0.15, 0.2) is 0 Å². The molecule has 0 aliphatic carbocycles. The molecule has 23 heavy (non-hydrogen) atoms. The first kappa shape index (κ1) is 15.9. The number of morpholine rings is 1. The van der Waals surface area contributed by atoms with Gasteiger partial charge < -0.3 is 9.64 Å². The Bertz CT molecular complexity index is 752. The lowest BCUT2D eigenvalue weighted by atomic mass is 10.1. The third-order valence-corrected chi connectivity index (χ3v) is 4.18. The summed E-state index contributed by atoms with van der Waals surface area (Å²) in [6, 6.07) is 10.7. The SMILES string of the molecule is O=C(Cn1nc(-c2ccc(Br)cc2)ccc1=O)N1CCOCC1. The van der Waals surface area contributed by atoms with E-state index < -0.39 is 0 Å². The standard InChI is InChI=1S/C16H16BrN3O3/c17-13-3-1-12(2-4-13)14-5-6-15(21)20(18-14)11-16(22)19-7-9-23-10-8-19/h1-6H,7-11H2. The number of amides is 1. The highest BCUT2D eigenvalue weighted by Gasteiger charge is 2.18. The van der Waals surface area contributed by atoms with Gasteiger partial charge in [-0.3, -0.25) is 9.59 Å². The van der Waals surface area contributed by atoms with E-state index in [1.165, 1.54) is 10.7 Å². The highest BCUT2D eigenvalue weighted by Crippen LogP contribution is 2.18. The van der Waals surface area contributed by atoms with E-state index in [1.807, 2.05) is 24.3 Å². The van der Waals surface area contributed by atoms with Crippen molar-refractivity contribution < 1.29 is 9.53 Å². The Morgan fingerprint density at radius 3 is 2.52 bits per heavy atom. The van der Waals surface area contributed by atoms with Crippen molar-refractivity contribution in [2.24, 2.45) is 0 Å². The van der Waals surface area contributed by atoms with Crippen LogP contribution in [0.5, 0.6) is 0 Å². The third kappa shape index (κ3) is 3.86. The van der Waals surface area contributed by atoms with Gasteiger partial charge in [-0.15, -0.1) is 0 Å². The Balaban J connectivity index is 1.81. The molecule has 2 aromatic rings. The van der Waals surface area contributed by atoms with Crippen LogP contribution in [0.2, 0.25) is 0 Å². The van der Waals surface area contributed by atoms with Crippen LogP contribution >= 0.6 is 15.9 Å². The normalized spacial score (nSPS) is 14.7. The van der Waals surface area contributed by atoms with E-state index in [2.05, 4.69) is 21.0 Å². The Labute approximate surface area is 141 Å². The lowest BCUT2D eigenvalue weighted by molar-refractivity contribution is -0.136. The lowest BCUT2D eigenvalue weighted by Gasteiger charge is -2.26. The molecule has 1 aromatic heterocycles. The first-order valence-electron chi connectivity index (χ1n) is 7.33. The summed E-state index contributed by atoms with van der Waals surface area (Å²) in [5.74, 6) is -0.115. The molecule has 3 rings (SSSR count). The zero-order valence-corrected chi connectivity index (χ0v) is 14.0. The first-order chi connectivity index (χ1) is 11.1. The molecule has 1 aromatic carbocycles. The molecule has 0 N–H and O–H groups in total. The molecule has 0 unspecified atom stereocenters. The highest BCUT2D eigenvalue weighted by molar-refractivity contribution is 9.10. The molecule has 1 aliphatic rings. The number of rotatable bonds is 3. The summed E-state index contributed by atoms with van der Waals surface area (Å²) in [6.07, 6.45) is 0. The van der Waals surface area contributed by atoms with Crippen molar-refractivity contribution in [1.29, 1.82) is 0 Å². The quantitative estimate of drug-likeness (QED) is 0.813. The minimum atomic E-state index is -0.285. The van der Waals surface area contributed by atoms with E-state index in [1.54, 1.807) is 11.0 Å². The number of hydrogen-bond donors (Lipinski definition) is 0. The molecule has 1 amide bonds. The number of carbonyl (C=O) groups is 1. The molecule has 2 heterocycles. The van der Waals surface area contributed by atoms with E-state index in [9.17, 15) is 9.59 Å². The summed E-state index contributed by atoms with van der Waals surface area (Å²) in [6.45, 7) is 2.13. The predicted octanol–water partition coefficient (Wildman–Crippen LogP) is 1.53. The van der Waals surface area contributed by atoms with E-state index in [0.717, 1.165) is 10.0 Å². The Kier molecular flexibility index (Phi) is 4.88. The van der Waals surface area contributed by atoms with Gasteiger partial charge >= 0.3 is 0 Å². The van der Waals surface area contributed by atoms with Gasteiger partial charge in [-0.25, -0.2) is 4.68 Å². The Morgan fingerprint density at radius 1 is 1.13 bits per heavy atom. The van der Waals surface area contributed by atoms with Crippen LogP contribution in [0.4, 0.5) is 0 Å². The number of benzene rings is 1. The second kappa shape index (κ2) is 7.06. The van der Waals surface area contributed by atoms with Gasteiger partial charge in [0, 0.05) is 29.2 Å². The van der Waals surface area contributed by atoms with Gasteiger partial charge in [-0.1, -0.05) is 28.1 Å². The number of hydrogen-bond acceptors (Lipinski definition) is 4. The van der Waals surface area contributed by atoms with E-state index in [0.29, 0.717) is 32.0 Å². The summed E-state index contributed by atoms with van der Waals surface area (Å²) >= 11 is 3.38. The summed E-state index contributed by atoms with van der Waals surface area (Å²) < 4.78 is 7.42. The molecule has 7 heteroatoms. The molecule has 120 valence electrons. The number of aromatic nitrogens is 2. The van der Waals surface area contributed by atoms with E-state index in [4.69, 9.17) is 4.74 Å². The third-order valence-electron chi connectivity index (χ3n) is 3.66. The van der Waals surface area contributed by atoms with E-state index >= 15 is 0 Å². The minimum absolute atomic E-state index is 0.0524. The van der Waals surface area contributed by atoms with Gasteiger partial charge in [0.05, 0.1) is 18.9 Å². The topological polar surface area (TPSA) is 64.4 Å². The minimum Gasteiger partial charge on any atom is -0.378 e. The molecular formula is C16H16BrN3O3. The zero-order chi connectivity index (χ0) is 16.2. The smallest absolute Gasteiger partial charge is 0.267 e. The van der Waals surface area contributed by atoms with Crippen LogP contribution < -0.4 is 5.56 Å². The maximum absolute atomic E-state index is 12.3. The molecule has 0 atom stereocenters. The summed E-state index contributed by atoms with van der Waals surface area (Å²) in [5.41, 5.74) is 1.26. The number of nitrogens with zero attached hydrogens (tertiary/aromatic N) is 3. The molecule has 0 saturated carbocycles. The lowest BCUT2D eigenvalue weighted by Crippen LogP contribution is -2.43. The Hall–Kier alpha value is -1.99. The number of halogens is 1. The molecule has 0 spiro atoms. The van der Waals surface area contributed by atoms with Gasteiger partial charge in [0.2, 0.25) is 5.91 Å².